The fourth-order valence-electron chi connectivity index (χ4n) is 3.39. The zero-order valence-electron chi connectivity index (χ0n) is 9.47. The maximum atomic E-state index is 10.7. The van der Waals surface area contributed by atoms with E-state index in [-0.39, 0.29) is 5.60 Å². The SMILES string of the molecule is CC1CCCC(O)(C2CCCC2)CC1. The average molecular weight is 196 g/mol. The number of hydrogen-bond acceptors (Lipinski definition) is 1. The summed E-state index contributed by atoms with van der Waals surface area (Å²) in [5.74, 6) is 1.47. The summed E-state index contributed by atoms with van der Waals surface area (Å²) in [7, 11) is 0. The Labute approximate surface area is 87.9 Å². The van der Waals surface area contributed by atoms with Crippen LogP contribution in [0.3, 0.4) is 0 Å². The van der Waals surface area contributed by atoms with Gasteiger partial charge in [0.1, 0.15) is 0 Å². The van der Waals surface area contributed by atoms with Crippen LogP contribution >= 0.6 is 0 Å². The number of aliphatic hydroxyl groups is 1. The second kappa shape index (κ2) is 4.22. The topological polar surface area (TPSA) is 20.2 Å². The predicted molar refractivity (Wildman–Crippen MR) is 59.2 cm³/mol. The molecule has 0 aromatic carbocycles. The molecular weight excluding hydrogens is 172 g/mol. The molecule has 0 heterocycles. The summed E-state index contributed by atoms with van der Waals surface area (Å²) < 4.78 is 0. The molecule has 0 amide bonds. The monoisotopic (exact) mass is 196 g/mol. The van der Waals surface area contributed by atoms with E-state index in [1.165, 1.54) is 44.9 Å². The van der Waals surface area contributed by atoms with Crippen LogP contribution in [-0.4, -0.2) is 10.7 Å². The van der Waals surface area contributed by atoms with Gasteiger partial charge >= 0.3 is 0 Å². The fraction of sp³-hybridized carbons (Fsp3) is 1.00. The molecule has 0 aromatic rings. The normalized spacial score (nSPS) is 41.1. The first-order valence-electron chi connectivity index (χ1n) is 6.43. The van der Waals surface area contributed by atoms with Gasteiger partial charge in [-0.1, -0.05) is 32.6 Å². The minimum absolute atomic E-state index is 0.277. The largest absolute Gasteiger partial charge is 0.390 e. The van der Waals surface area contributed by atoms with E-state index in [1.54, 1.807) is 0 Å². The van der Waals surface area contributed by atoms with Gasteiger partial charge in [0.2, 0.25) is 0 Å². The van der Waals surface area contributed by atoms with Gasteiger partial charge in [-0.25, -0.2) is 0 Å². The van der Waals surface area contributed by atoms with Crippen molar-refractivity contribution in [2.75, 3.05) is 0 Å². The van der Waals surface area contributed by atoms with E-state index in [1.807, 2.05) is 0 Å². The van der Waals surface area contributed by atoms with Gasteiger partial charge in [0.25, 0.3) is 0 Å². The molecule has 0 radical (unpaired) electrons. The summed E-state index contributed by atoms with van der Waals surface area (Å²) in [5, 5.41) is 10.7. The Balaban J connectivity index is 1.98. The first-order chi connectivity index (χ1) is 6.71. The summed E-state index contributed by atoms with van der Waals surface area (Å²) in [4.78, 5) is 0. The lowest BCUT2D eigenvalue weighted by atomic mass is 9.80. The Bertz CT molecular complexity index is 184. The molecule has 0 aliphatic heterocycles. The van der Waals surface area contributed by atoms with Crippen LogP contribution in [0.4, 0.5) is 0 Å². The molecule has 1 heteroatoms. The molecular formula is C13H24O. The number of hydrogen-bond donors (Lipinski definition) is 1. The van der Waals surface area contributed by atoms with Gasteiger partial charge in [0, 0.05) is 0 Å². The maximum Gasteiger partial charge on any atom is 0.0675 e. The molecule has 2 fully saturated rings. The maximum absolute atomic E-state index is 10.7. The molecule has 1 nitrogen and oxygen atoms in total. The van der Waals surface area contributed by atoms with Crippen molar-refractivity contribution >= 4 is 0 Å². The van der Waals surface area contributed by atoms with Gasteiger partial charge in [-0.2, -0.15) is 0 Å². The highest BCUT2D eigenvalue weighted by Crippen LogP contribution is 2.42. The van der Waals surface area contributed by atoms with E-state index in [0.29, 0.717) is 5.92 Å². The first-order valence-corrected chi connectivity index (χ1v) is 6.43. The second-order valence-electron chi connectivity index (χ2n) is 5.62. The van der Waals surface area contributed by atoms with Crippen LogP contribution in [0.5, 0.6) is 0 Å². The van der Waals surface area contributed by atoms with Crippen molar-refractivity contribution in [1.82, 2.24) is 0 Å². The smallest absolute Gasteiger partial charge is 0.0675 e. The van der Waals surface area contributed by atoms with Gasteiger partial charge in [0.05, 0.1) is 5.60 Å². The Morgan fingerprint density at radius 2 is 1.64 bits per heavy atom. The van der Waals surface area contributed by atoms with Gasteiger partial charge in [0.15, 0.2) is 0 Å². The lowest BCUT2D eigenvalue weighted by Crippen LogP contribution is -2.36. The molecule has 0 aromatic heterocycles. The summed E-state index contributed by atoms with van der Waals surface area (Å²) in [6, 6.07) is 0. The molecule has 2 rings (SSSR count). The molecule has 0 bridgehead atoms. The lowest BCUT2D eigenvalue weighted by molar-refractivity contribution is -0.0303. The minimum Gasteiger partial charge on any atom is -0.390 e. The van der Waals surface area contributed by atoms with Crippen LogP contribution in [0.1, 0.15) is 64.7 Å². The van der Waals surface area contributed by atoms with Crippen molar-refractivity contribution in [3.8, 4) is 0 Å². The molecule has 14 heavy (non-hydrogen) atoms. The zero-order chi connectivity index (χ0) is 10.0. The lowest BCUT2D eigenvalue weighted by Gasteiger charge is -2.33. The van der Waals surface area contributed by atoms with Crippen molar-refractivity contribution in [2.45, 2.75) is 70.3 Å². The quantitative estimate of drug-likeness (QED) is 0.636. The molecule has 1 N–H and O–H groups in total. The van der Waals surface area contributed by atoms with Gasteiger partial charge < -0.3 is 5.11 Å². The van der Waals surface area contributed by atoms with Crippen molar-refractivity contribution in [3.05, 3.63) is 0 Å². The highest BCUT2D eigenvalue weighted by molar-refractivity contribution is 4.91. The van der Waals surface area contributed by atoms with Crippen molar-refractivity contribution in [2.24, 2.45) is 11.8 Å². The van der Waals surface area contributed by atoms with E-state index in [9.17, 15) is 5.11 Å². The third-order valence-electron chi connectivity index (χ3n) is 4.49. The van der Waals surface area contributed by atoms with Crippen molar-refractivity contribution in [3.63, 3.8) is 0 Å². The molecule has 0 spiro atoms. The van der Waals surface area contributed by atoms with Gasteiger partial charge in [-0.15, -0.1) is 0 Å². The standard InChI is InChI=1S/C13H24O/c1-11-5-4-9-13(14,10-8-11)12-6-2-3-7-12/h11-12,14H,2-10H2,1H3. The van der Waals surface area contributed by atoms with Crippen LogP contribution in [0.15, 0.2) is 0 Å². The van der Waals surface area contributed by atoms with Crippen LogP contribution in [0, 0.1) is 11.8 Å². The van der Waals surface area contributed by atoms with E-state index in [4.69, 9.17) is 0 Å². The van der Waals surface area contributed by atoms with E-state index >= 15 is 0 Å². The molecule has 0 saturated heterocycles. The van der Waals surface area contributed by atoms with Crippen molar-refractivity contribution in [1.29, 1.82) is 0 Å². The molecule has 2 unspecified atom stereocenters. The van der Waals surface area contributed by atoms with E-state index in [0.717, 1.165) is 18.8 Å². The third-order valence-corrected chi connectivity index (χ3v) is 4.49. The summed E-state index contributed by atoms with van der Waals surface area (Å²) >= 11 is 0. The molecule has 82 valence electrons. The predicted octanol–water partition coefficient (Wildman–Crippen LogP) is 3.51. The van der Waals surface area contributed by atoms with Gasteiger partial charge in [-0.05, 0) is 43.9 Å². The van der Waals surface area contributed by atoms with E-state index in [2.05, 4.69) is 6.92 Å². The summed E-state index contributed by atoms with van der Waals surface area (Å²) in [6.07, 6.45) is 11.2. The molecule has 2 aliphatic rings. The highest BCUT2D eigenvalue weighted by atomic mass is 16.3. The first kappa shape index (κ1) is 10.5. The Hall–Kier alpha value is -0.0400. The molecule has 2 aliphatic carbocycles. The van der Waals surface area contributed by atoms with Crippen LogP contribution in [-0.2, 0) is 0 Å². The fourth-order valence-corrected chi connectivity index (χ4v) is 3.39. The summed E-state index contributed by atoms with van der Waals surface area (Å²) in [6.45, 7) is 2.33. The van der Waals surface area contributed by atoms with Crippen LogP contribution in [0.2, 0.25) is 0 Å². The Morgan fingerprint density at radius 3 is 2.36 bits per heavy atom. The minimum atomic E-state index is -0.277. The van der Waals surface area contributed by atoms with Gasteiger partial charge in [-0.3, -0.25) is 0 Å². The molecule has 2 saturated carbocycles. The zero-order valence-corrected chi connectivity index (χ0v) is 9.47. The van der Waals surface area contributed by atoms with Crippen LogP contribution < -0.4 is 0 Å². The Morgan fingerprint density at radius 1 is 0.929 bits per heavy atom. The van der Waals surface area contributed by atoms with E-state index < -0.39 is 0 Å². The van der Waals surface area contributed by atoms with Crippen molar-refractivity contribution < 1.29 is 5.11 Å². The molecule has 2 atom stereocenters. The highest BCUT2D eigenvalue weighted by Gasteiger charge is 2.38. The second-order valence-corrected chi connectivity index (χ2v) is 5.62. The Kier molecular flexibility index (Phi) is 3.16. The number of rotatable bonds is 1. The third kappa shape index (κ3) is 2.13. The summed E-state index contributed by atoms with van der Waals surface area (Å²) in [5.41, 5.74) is -0.277. The average Bonchev–Trinajstić information content (AvgIpc) is 2.63. The van der Waals surface area contributed by atoms with Crippen LogP contribution in [0.25, 0.3) is 0 Å².